The Labute approximate surface area is 138 Å². The van der Waals surface area contributed by atoms with E-state index in [1.54, 1.807) is 12.1 Å². The lowest BCUT2D eigenvalue weighted by atomic mass is 9.99. The zero-order valence-electron chi connectivity index (χ0n) is 12.6. The van der Waals surface area contributed by atoms with E-state index in [9.17, 15) is 9.18 Å². The molecule has 1 aromatic heterocycles. The largest absolute Gasteiger partial charge is 0.346 e. The molecule has 0 bridgehead atoms. The molecule has 1 amide bonds. The molecule has 1 saturated heterocycles. The van der Waals surface area contributed by atoms with E-state index in [0.29, 0.717) is 0 Å². The highest BCUT2D eigenvalue weighted by Crippen LogP contribution is 2.33. The number of aromatic nitrogens is 3. The van der Waals surface area contributed by atoms with Gasteiger partial charge in [0.2, 0.25) is 0 Å². The van der Waals surface area contributed by atoms with Crippen molar-refractivity contribution in [3.05, 3.63) is 46.5 Å². The monoisotopic (exact) mass is 337 g/mol. The van der Waals surface area contributed by atoms with E-state index in [4.69, 9.17) is 11.6 Å². The first-order valence-electron chi connectivity index (χ1n) is 7.45. The Kier molecular flexibility index (Phi) is 4.58. The van der Waals surface area contributed by atoms with Crippen molar-refractivity contribution in [1.82, 2.24) is 25.6 Å². The summed E-state index contributed by atoms with van der Waals surface area (Å²) in [6.07, 6.45) is 2.16. The van der Waals surface area contributed by atoms with Crippen LogP contribution in [0.5, 0.6) is 0 Å². The number of likely N-dealkylation sites (N-methyl/N-ethyl adjacent to an activating group) is 1. The van der Waals surface area contributed by atoms with Gasteiger partial charge >= 0.3 is 0 Å². The molecule has 1 aliphatic heterocycles. The molecule has 0 radical (unpaired) electrons. The molecular formula is C15H17ClFN5O. The minimum atomic E-state index is -0.450. The van der Waals surface area contributed by atoms with Gasteiger partial charge < -0.3 is 5.32 Å². The van der Waals surface area contributed by atoms with Crippen LogP contribution in [0, 0.1) is 5.82 Å². The summed E-state index contributed by atoms with van der Waals surface area (Å²) in [5.41, 5.74) is 1.04. The number of aromatic amines is 1. The summed E-state index contributed by atoms with van der Waals surface area (Å²) >= 11 is 5.77. The van der Waals surface area contributed by atoms with E-state index in [1.165, 1.54) is 12.3 Å². The van der Waals surface area contributed by atoms with Gasteiger partial charge in [0, 0.05) is 6.54 Å². The Morgan fingerprint density at radius 1 is 1.57 bits per heavy atom. The second-order valence-electron chi connectivity index (χ2n) is 5.47. The second-order valence-corrected chi connectivity index (χ2v) is 5.88. The molecule has 3 rings (SSSR count). The number of halogens is 2. The summed E-state index contributed by atoms with van der Waals surface area (Å²) in [5, 5.41) is 12.9. The molecule has 1 aliphatic rings. The smallest absolute Gasteiger partial charge is 0.273 e. The molecule has 0 unspecified atom stereocenters. The lowest BCUT2D eigenvalue weighted by Crippen LogP contribution is -2.39. The maximum Gasteiger partial charge on any atom is 0.273 e. The Bertz CT molecular complexity index is 693. The summed E-state index contributed by atoms with van der Waals surface area (Å²) in [7, 11) is 0. The molecule has 2 atom stereocenters. The molecule has 1 fully saturated rings. The Morgan fingerprint density at radius 2 is 2.39 bits per heavy atom. The Hall–Kier alpha value is -1.99. The number of benzene rings is 1. The van der Waals surface area contributed by atoms with Gasteiger partial charge in [-0.2, -0.15) is 15.4 Å². The van der Waals surface area contributed by atoms with Crippen LogP contribution >= 0.6 is 11.6 Å². The zero-order valence-corrected chi connectivity index (χ0v) is 13.3. The highest BCUT2D eigenvalue weighted by molar-refractivity contribution is 6.30. The van der Waals surface area contributed by atoms with Crippen LogP contribution in [0.15, 0.2) is 24.4 Å². The van der Waals surface area contributed by atoms with Crippen LogP contribution in [0.25, 0.3) is 0 Å². The van der Waals surface area contributed by atoms with E-state index in [1.807, 2.05) is 6.92 Å². The average Bonchev–Trinajstić information content (AvgIpc) is 3.19. The minimum absolute atomic E-state index is 0.0948. The van der Waals surface area contributed by atoms with Crippen LogP contribution < -0.4 is 5.32 Å². The quantitative estimate of drug-likeness (QED) is 0.896. The van der Waals surface area contributed by atoms with Crippen molar-refractivity contribution in [2.24, 2.45) is 0 Å². The lowest BCUT2D eigenvalue weighted by Gasteiger charge is -2.28. The van der Waals surface area contributed by atoms with Gasteiger partial charge in [0.25, 0.3) is 5.91 Å². The van der Waals surface area contributed by atoms with Gasteiger partial charge in [0.05, 0.1) is 23.3 Å². The van der Waals surface area contributed by atoms with Gasteiger partial charge in [0.15, 0.2) is 5.69 Å². The van der Waals surface area contributed by atoms with Crippen molar-refractivity contribution in [3.63, 3.8) is 0 Å². The molecule has 0 saturated carbocycles. The summed E-state index contributed by atoms with van der Waals surface area (Å²) in [6.45, 7) is 3.68. The molecule has 2 N–H and O–H groups in total. The fourth-order valence-corrected chi connectivity index (χ4v) is 3.17. The van der Waals surface area contributed by atoms with Crippen LogP contribution in [-0.2, 0) is 0 Å². The molecule has 122 valence electrons. The van der Waals surface area contributed by atoms with Crippen molar-refractivity contribution < 1.29 is 9.18 Å². The summed E-state index contributed by atoms with van der Waals surface area (Å²) in [4.78, 5) is 14.4. The fraction of sp³-hybridized carbons (Fsp3) is 0.400. The lowest BCUT2D eigenvalue weighted by molar-refractivity contribution is 0.0920. The van der Waals surface area contributed by atoms with Crippen molar-refractivity contribution in [3.8, 4) is 0 Å². The van der Waals surface area contributed by atoms with E-state index in [0.717, 1.165) is 25.1 Å². The molecular weight excluding hydrogens is 321 g/mol. The van der Waals surface area contributed by atoms with Crippen molar-refractivity contribution in [2.45, 2.75) is 25.4 Å². The van der Waals surface area contributed by atoms with E-state index < -0.39 is 5.82 Å². The van der Waals surface area contributed by atoms with E-state index in [-0.39, 0.29) is 28.7 Å². The number of nitrogens with one attached hydrogen (secondary N) is 2. The molecule has 6 nitrogen and oxygen atoms in total. The maximum absolute atomic E-state index is 13.8. The Morgan fingerprint density at radius 3 is 3.04 bits per heavy atom. The first kappa shape index (κ1) is 15.9. The predicted octanol–water partition coefficient (Wildman–Crippen LogP) is 2.16. The number of rotatable bonds is 4. The van der Waals surface area contributed by atoms with Crippen LogP contribution in [0.1, 0.15) is 35.4 Å². The third kappa shape index (κ3) is 3.20. The van der Waals surface area contributed by atoms with Gasteiger partial charge in [-0.15, -0.1) is 0 Å². The van der Waals surface area contributed by atoms with Gasteiger partial charge in [0.1, 0.15) is 5.82 Å². The van der Waals surface area contributed by atoms with E-state index >= 15 is 0 Å². The van der Waals surface area contributed by atoms with Gasteiger partial charge in [-0.1, -0.05) is 24.6 Å². The first-order valence-corrected chi connectivity index (χ1v) is 7.83. The van der Waals surface area contributed by atoms with Crippen molar-refractivity contribution in [2.75, 3.05) is 13.1 Å². The van der Waals surface area contributed by atoms with Crippen molar-refractivity contribution in [1.29, 1.82) is 0 Å². The zero-order chi connectivity index (χ0) is 16.4. The molecule has 2 aromatic rings. The standard InChI is InChI=1S/C15H17ClFN5O/c1-2-22-6-5-12(19-15(23)13-8-18-21-20-13)14(22)9-3-4-10(16)11(17)7-9/h3-4,7-8,12,14H,2,5-6H2,1H3,(H,19,23)(H,18,20,21)/t12-,14+/m1/s1. The van der Waals surface area contributed by atoms with Crippen LogP contribution in [0.4, 0.5) is 4.39 Å². The topological polar surface area (TPSA) is 73.9 Å². The van der Waals surface area contributed by atoms with Crippen molar-refractivity contribution >= 4 is 17.5 Å². The third-order valence-corrected chi connectivity index (χ3v) is 4.46. The van der Waals surface area contributed by atoms with Crippen LogP contribution in [0.3, 0.4) is 0 Å². The molecule has 2 heterocycles. The summed E-state index contributed by atoms with van der Waals surface area (Å²) in [6, 6.07) is 4.58. The summed E-state index contributed by atoms with van der Waals surface area (Å²) < 4.78 is 13.8. The van der Waals surface area contributed by atoms with Gasteiger partial charge in [-0.25, -0.2) is 4.39 Å². The van der Waals surface area contributed by atoms with Gasteiger partial charge in [-0.3, -0.25) is 9.69 Å². The number of carbonyl (C=O) groups excluding carboxylic acids is 1. The number of amides is 1. The normalized spacial score (nSPS) is 21.5. The summed E-state index contributed by atoms with van der Waals surface area (Å²) in [5.74, 6) is -0.741. The number of likely N-dealkylation sites (tertiary alicyclic amines) is 1. The predicted molar refractivity (Wildman–Crippen MR) is 83.7 cm³/mol. The SMILES string of the molecule is CCN1CC[C@@H](NC(=O)c2cn[nH]n2)[C@@H]1c1ccc(Cl)c(F)c1. The van der Waals surface area contributed by atoms with Crippen LogP contribution in [0.2, 0.25) is 5.02 Å². The molecule has 1 aromatic carbocycles. The number of hydrogen-bond donors (Lipinski definition) is 2. The number of carbonyl (C=O) groups is 1. The minimum Gasteiger partial charge on any atom is -0.346 e. The van der Waals surface area contributed by atoms with Crippen LogP contribution in [-0.4, -0.2) is 45.3 Å². The highest BCUT2D eigenvalue weighted by Gasteiger charge is 2.36. The molecule has 0 aliphatic carbocycles. The number of H-pyrrole nitrogens is 1. The molecule has 8 heteroatoms. The molecule has 23 heavy (non-hydrogen) atoms. The van der Waals surface area contributed by atoms with E-state index in [2.05, 4.69) is 25.6 Å². The maximum atomic E-state index is 13.8. The first-order chi connectivity index (χ1) is 11.1. The number of nitrogens with zero attached hydrogens (tertiary/aromatic N) is 3. The highest BCUT2D eigenvalue weighted by atomic mass is 35.5. The number of hydrogen-bond acceptors (Lipinski definition) is 4. The van der Waals surface area contributed by atoms with Gasteiger partial charge in [-0.05, 0) is 30.7 Å². The average molecular weight is 338 g/mol. The third-order valence-electron chi connectivity index (χ3n) is 4.16. The Balaban J connectivity index is 1.84. The second kappa shape index (κ2) is 6.64. The fourth-order valence-electron chi connectivity index (χ4n) is 3.06. The molecule has 0 spiro atoms.